The monoisotopic (exact) mass is 427 g/mol. The number of hydrogen-bond acceptors (Lipinski definition) is 4. The Hall–Kier alpha value is -2.95. The lowest BCUT2D eigenvalue weighted by Gasteiger charge is -2.27. The van der Waals surface area contributed by atoms with E-state index in [1.165, 1.54) is 5.56 Å². The fourth-order valence-corrected chi connectivity index (χ4v) is 5.11. The number of ether oxygens (including phenoxy) is 1. The van der Waals surface area contributed by atoms with E-state index < -0.39 is 11.6 Å². The molecule has 0 spiro atoms. The quantitative estimate of drug-likeness (QED) is 0.576. The summed E-state index contributed by atoms with van der Waals surface area (Å²) in [5.41, 5.74) is 1.66. The van der Waals surface area contributed by atoms with E-state index in [9.17, 15) is 9.90 Å². The number of carbonyl (C=O) groups is 1. The van der Waals surface area contributed by atoms with Crippen LogP contribution in [0.25, 0.3) is 0 Å². The van der Waals surface area contributed by atoms with Crippen LogP contribution in [-0.4, -0.2) is 35.7 Å². The second kappa shape index (κ2) is 8.53. The van der Waals surface area contributed by atoms with E-state index in [0.717, 1.165) is 25.2 Å². The van der Waals surface area contributed by atoms with E-state index in [0.29, 0.717) is 35.5 Å². The number of benzene rings is 3. The first-order valence-electron chi connectivity index (χ1n) is 11.3. The van der Waals surface area contributed by atoms with Crippen LogP contribution in [0.4, 0.5) is 0 Å². The molecule has 3 aromatic carbocycles. The minimum absolute atomic E-state index is 0.369. The zero-order valence-corrected chi connectivity index (χ0v) is 18.4. The maximum absolute atomic E-state index is 13.2. The van der Waals surface area contributed by atoms with Gasteiger partial charge in [-0.05, 0) is 35.4 Å². The van der Waals surface area contributed by atoms with Crippen LogP contribution in [0.5, 0.6) is 0 Å². The van der Waals surface area contributed by atoms with Gasteiger partial charge in [0.05, 0.1) is 6.61 Å². The van der Waals surface area contributed by atoms with Gasteiger partial charge in [0.25, 0.3) is 0 Å². The highest BCUT2D eigenvalue weighted by molar-refractivity contribution is 5.85. The molecule has 2 aliphatic rings. The van der Waals surface area contributed by atoms with E-state index in [1.54, 1.807) is 24.3 Å². The SMILES string of the molecule is Cc1ccc(C(O)(C(=O)OCC2C3CN(Cc4ccccc4)CC23)c2ccccc2)cc1. The Bertz CT molecular complexity index is 1050. The highest BCUT2D eigenvalue weighted by Crippen LogP contribution is 2.52. The first kappa shape index (κ1) is 20.9. The molecule has 1 saturated heterocycles. The molecule has 1 aliphatic heterocycles. The van der Waals surface area contributed by atoms with Crippen LogP contribution in [0.1, 0.15) is 22.3 Å². The summed E-state index contributed by atoms with van der Waals surface area (Å²) in [5, 5.41) is 11.6. The zero-order chi connectivity index (χ0) is 22.1. The van der Waals surface area contributed by atoms with Gasteiger partial charge in [-0.3, -0.25) is 4.90 Å². The van der Waals surface area contributed by atoms with Crippen LogP contribution >= 0.6 is 0 Å². The van der Waals surface area contributed by atoms with Crippen molar-refractivity contribution < 1.29 is 14.6 Å². The van der Waals surface area contributed by atoms with Crippen LogP contribution < -0.4 is 0 Å². The summed E-state index contributed by atoms with van der Waals surface area (Å²) in [6, 6.07) is 27.0. The molecule has 0 radical (unpaired) electrons. The van der Waals surface area contributed by atoms with E-state index >= 15 is 0 Å². The van der Waals surface area contributed by atoms with Crippen LogP contribution in [0, 0.1) is 24.7 Å². The molecule has 32 heavy (non-hydrogen) atoms. The number of nitrogens with zero attached hydrogens (tertiary/aromatic N) is 1. The molecule has 2 fully saturated rings. The zero-order valence-electron chi connectivity index (χ0n) is 18.4. The lowest BCUT2D eigenvalue weighted by molar-refractivity contribution is -0.163. The molecule has 1 aliphatic carbocycles. The van der Waals surface area contributed by atoms with Gasteiger partial charge in [0.1, 0.15) is 0 Å². The fourth-order valence-electron chi connectivity index (χ4n) is 5.11. The number of esters is 1. The highest BCUT2D eigenvalue weighted by Gasteiger charge is 2.56. The van der Waals surface area contributed by atoms with Gasteiger partial charge in [0.15, 0.2) is 0 Å². The lowest BCUT2D eigenvalue weighted by atomic mass is 9.86. The van der Waals surface area contributed by atoms with Gasteiger partial charge in [-0.2, -0.15) is 0 Å². The average Bonchev–Trinajstić information content (AvgIpc) is 3.28. The van der Waals surface area contributed by atoms with Gasteiger partial charge in [-0.1, -0.05) is 90.5 Å². The average molecular weight is 428 g/mol. The predicted octanol–water partition coefficient (Wildman–Crippen LogP) is 4.15. The van der Waals surface area contributed by atoms with Crippen LogP contribution in [-0.2, 0) is 21.7 Å². The standard InChI is InChI=1S/C28H29NO3/c1-20-12-14-23(15-13-20)28(31,22-10-6-3-7-11-22)27(30)32-19-26-24-17-29(18-25(24)26)16-21-8-4-2-5-9-21/h2-15,24-26,31H,16-19H2,1H3. The van der Waals surface area contributed by atoms with Crippen LogP contribution in [0.2, 0.25) is 0 Å². The summed E-state index contributed by atoms with van der Waals surface area (Å²) in [4.78, 5) is 15.7. The maximum Gasteiger partial charge on any atom is 0.347 e. The largest absolute Gasteiger partial charge is 0.463 e. The Kier molecular flexibility index (Phi) is 5.58. The minimum Gasteiger partial charge on any atom is -0.463 e. The van der Waals surface area contributed by atoms with E-state index in [1.807, 2.05) is 43.3 Å². The summed E-state index contributed by atoms with van der Waals surface area (Å²) in [6.45, 7) is 5.41. The van der Waals surface area contributed by atoms with Gasteiger partial charge in [0, 0.05) is 25.6 Å². The summed E-state index contributed by atoms with van der Waals surface area (Å²) in [6.07, 6.45) is 0. The van der Waals surface area contributed by atoms with Gasteiger partial charge in [-0.25, -0.2) is 4.79 Å². The Labute approximate surface area is 189 Å². The van der Waals surface area contributed by atoms with E-state index in [-0.39, 0.29) is 0 Å². The molecule has 0 aromatic heterocycles. The molecule has 5 rings (SSSR count). The number of likely N-dealkylation sites (tertiary alicyclic amines) is 1. The lowest BCUT2D eigenvalue weighted by Crippen LogP contribution is -2.39. The summed E-state index contributed by atoms with van der Waals surface area (Å²) < 4.78 is 5.75. The molecule has 1 heterocycles. The fraction of sp³-hybridized carbons (Fsp3) is 0.321. The number of aliphatic hydroxyl groups is 1. The molecule has 0 amide bonds. The first-order chi connectivity index (χ1) is 15.6. The molecule has 3 unspecified atom stereocenters. The number of piperidine rings is 1. The third kappa shape index (κ3) is 3.96. The molecule has 4 nitrogen and oxygen atoms in total. The Morgan fingerprint density at radius 3 is 2.09 bits per heavy atom. The first-order valence-corrected chi connectivity index (χ1v) is 11.3. The molecular weight excluding hydrogens is 398 g/mol. The molecule has 1 N–H and O–H groups in total. The minimum atomic E-state index is -1.81. The topological polar surface area (TPSA) is 49.8 Å². The maximum atomic E-state index is 13.2. The van der Waals surface area contributed by atoms with Gasteiger partial charge >= 0.3 is 5.97 Å². The van der Waals surface area contributed by atoms with Crippen molar-refractivity contribution in [2.45, 2.75) is 19.1 Å². The summed E-state index contributed by atoms with van der Waals surface area (Å²) in [7, 11) is 0. The third-order valence-corrected chi connectivity index (χ3v) is 7.06. The van der Waals surface area contributed by atoms with Gasteiger partial charge in [0.2, 0.25) is 5.60 Å². The van der Waals surface area contributed by atoms with E-state index in [4.69, 9.17) is 4.74 Å². The van der Waals surface area contributed by atoms with Crippen molar-refractivity contribution in [1.82, 2.24) is 4.90 Å². The van der Waals surface area contributed by atoms with Crippen molar-refractivity contribution in [3.63, 3.8) is 0 Å². The van der Waals surface area contributed by atoms with Crippen LogP contribution in [0.3, 0.4) is 0 Å². The summed E-state index contributed by atoms with van der Waals surface area (Å²) >= 11 is 0. The number of hydrogen-bond donors (Lipinski definition) is 1. The molecule has 1 saturated carbocycles. The van der Waals surface area contributed by atoms with Crippen molar-refractivity contribution in [3.05, 3.63) is 107 Å². The Morgan fingerprint density at radius 2 is 1.47 bits per heavy atom. The summed E-state index contributed by atoms with van der Waals surface area (Å²) in [5.74, 6) is 0.953. The predicted molar refractivity (Wildman–Crippen MR) is 124 cm³/mol. The molecule has 4 heteroatoms. The molecule has 3 aromatic rings. The molecular formula is C28H29NO3. The smallest absolute Gasteiger partial charge is 0.347 e. The molecule has 0 bridgehead atoms. The molecule has 3 atom stereocenters. The van der Waals surface area contributed by atoms with Crippen molar-refractivity contribution in [1.29, 1.82) is 0 Å². The Morgan fingerprint density at radius 1 is 0.906 bits per heavy atom. The second-order valence-electron chi connectivity index (χ2n) is 9.21. The van der Waals surface area contributed by atoms with E-state index in [2.05, 4.69) is 29.2 Å². The normalized spacial score (nSPS) is 23.9. The molecule has 164 valence electrons. The van der Waals surface area contributed by atoms with Gasteiger partial charge < -0.3 is 9.84 Å². The number of carbonyl (C=O) groups excluding carboxylic acids is 1. The van der Waals surface area contributed by atoms with Crippen molar-refractivity contribution in [2.24, 2.45) is 17.8 Å². The number of rotatable bonds is 7. The number of fused-ring (bicyclic) bond motifs is 1. The third-order valence-electron chi connectivity index (χ3n) is 7.06. The van der Waals surface area contributed by atoms with Gasteiger partial charge in [-0.15, -0.1) is 0 Å². The highest BCUT2D eigenvalue weighted by atomic mass is 16.5. The number of aryl methyl sites for hydroxylation is 1. The second-order valence-corrected chi connectivity index (χ2v) is 9.21. The van der Waals surface area contributed by atoms with Crippen molar-refractivity contribution >= 4 is 5.97 Å². The Balaban J connectivity index is 1.23. The van der Waals surface area contributed by atoms with Crippen molar-refractivity contribution in [2.75, 3.05) is 19.7 Å². The van der Waals surface area contributed by atoms with Crippen molar-refractivity contribution in [3.8, 4) is 0 Å². The van der Waals surface area contributed by atoms with Crippen LogP contribution in [0.15, 0.2) is 84.9 Å².